The van der Waals surface area contributed by atoms with E-state index in [0.717, 1.165) is 27.4 Å². The zero-order chi connectivity index (χ0) is 23.0. The van der Waals surface area contributed by atoms with Gasteiger partial charge in [-0.1, -0.05) is 35.9 Å². The second-order valence-electron chi connectivity index (χ2n) is 7.94. The minimum atomic E-state index is -3.81. The Morgan fingerprint density at radius 1 is 1.06 bits per heavy atom. The Labute approximate surface area is 196 Å². The van der Waals surface area contributed by atoms with Crippen molar-refractivity contribution in [1.82, 2.24) is 14.7 Å². The summed E-state index contributed by atoms with van der Waals surface area (Å²) in [4.78, 5) is 16.2. The van der Waals surface area contributed by atoms with Crippen LogP contribution in [0.4, 0.5) is 0 Å². The average Bonchev–Trinajstić information content (AvgIpc) is 3.45. The molecule has 1 aromatic heterocycles. The predicted molar refractivity (Wildman–Crippen MR) is 130 cm³/mol. The number of para-hydroxylation sites is 1. The molecule has 2 N–H and O–H groups in total. The lowest BCUT2D eigenvalue weighted by molar-refractivity contribution is -0.124. The third-order valence-corrected chi connectivity index (χ3v) is 8.02. The Morgan fingerprint density at radius 3 is 2.64 bits per heavy atom. The number of H-pyrrole nitrogens is 1. The van der Waals surface area contributed by atoms with Gasteiger partial charge in [-0.25, -0.2) is 13.8 Å². The van der Waals surface area contributed by atoms with Crippen LogP contribution in [-0.4, -0.2) is 42.4 Å². The van der Waals surface area contributed by atoms with E-state index in [2.05, 4.69) is 15.5 Å². The molecule has 0 bridgehead atoms. The Morgan fingerprint density at radius 2 is 1.82 bits per heavy atom. The maximum atomic E-state index is 13.0. The molecule has 0 radical (unpaired) electrons. The van der Waals surface area contributed by atoms with Crippen molar-refractivity contribution in [2.45, 2.75) is 23.8 Å². The van der Waals surface area contributed by atoms with E-state index in [-0.39, 0.29) is 11.4 Å². The number of hydrogen-bond acceptors (Lipinski definition) is 4. The predicted octanol–water partition coefficient (Wildman–Crippen LogP) is 4.28. The van der Waals surface area contributed by atoms with Gasteiger partial charge >= 0.3 is 0 Å². The molecule has 4 aromatic rings. The maximum absolute atomic E-state index is 13.0. The highest BCUT2D eigenvalue weighted by molar-refractivity contribution is 7.89. The highest BCUT2D eigenvalue weighted by Crippen LogP contribution is 2.27. The summed E-state index contributed by atoms with van der Waals surface area (Å²) >= 11 is 5.87. The van der Waals surface area contributed by atoms with Gasteiger partial charge in [-0.2, -0.15) is 9.41 Å². The molecule has 1 fully saturated rings. The fourth-order valence-electron chi connectivity index (χ4n) is 4.22. The first kappa shape index (κ1) is 21.6. The van der Waals surface area contributed by atoms with Crippen LogP contribution in [0.15, 0.2) is 76.7 Å². The maximum Gasteiger partial charge on any atom is 0.258 e. The number of aromatic amines is 1. The average molecular weight is 481 g/mol. The van der Waals surface area contributed by atoms with Gasteiger partial charge in [0.2, 0.25) is 10.0 Å². The zero-order valence-electron chi connectivity index (χ0n) is 17.5. The fourth-order valence-corrected chi connectivity index (χ4v) is 6.01. The van der Waals surface area contributed by atoms with E-state index in [1.807, 2.05) is 42.5 Å². The molecule has 0 spiro atoms. The molecule has 1 atom stereocenters. The number of nitrogens with zero attached hydrogens (tertiary/aromatic N) is 2. The Balaban J connectivity index is 1.32. The number of carbonyl (C=O) groups is 1. The summed E-state index contributed by atoms with van der Waals surface area (Å²) in [5, 5.41) is 6.71. The van der Waals surface area contributed by atoms with Crippen molar-refractivity contribution in [1.29, 1.82) is 0 Å². The number of rotatable bonds is 5. The van der Waals surface area contributed by atoms with Crippen LogP contribution >= 0.6 is 11.6 Å². The largest absolute Gasteiger partial charge is 0.355 e. The number of sulfonamides is 1. The molecule has 33 heavy (non-hydrogen) atoms. The van der Waals surface area contributed by atoms with Crippen molar-refractivity contribution in [3.63, 3.8) is 0 Å². The van der Waals surface area contributed by atoms with Crippen LogP contribution in [0.3, 0.4) is 0 Å². The highest BCUT2D eigenvalue weighted by Gasteiger charge is 2.39. The number of amides is 1. The van der Waals surface area contributed by atoms with E-state index in [9.17, 15) is 13.2 Å². The van der Waals surface area contributed by atoms with E-state index in [0.29, 0.717) is 17.9 Å². The summed E-state index contributed by atoms with van der Waals surface area (Å²) in [5.41, 5.74) is 5.41. The van der Waals surface area contributed by atoms with Gasteiger partial charge in [0.05, 0.1) is 11.1 Å². The molecule has 9 heteroatoms. The molecule has 1 aliphatic rings. The van der Waals surface area contributed by atoms with Crippen molar-refractivity contribution in [3.05, 3.63) is 77.3 Å². The van der Waals surface area contributed by atoms with Crippen LogP contribution < -0.4 is 5.43 Å². The number of fused-ring (bicyclic) bond motifs is 3. The van der Waals surface area contributed by atoms with Crippen LogP contribution in [-0.2, 0) is 14.8 Å². The molecule has 0 unspecified atom stereocenters. The summed E-state index contributed by atoms with van der Waals surface area (Å²) in [6.07, 6.45) is 2.60. The van der Waals surface area contributed by atoms with E-state index < -0.39 is 22.0 Å². The summed E-state index contributed by atoms with van der Waals surface area (Å²) in [6, 6.07) is 19.0. The van der Waals surface area contributed by atoms with Crippen LogP contribution in [0.25, 0.3) is 21.8 Å². The molecule has 1 aliphatic heterocycles. The third-order valence-electron chi connectivity index (χ3n) is 5.85. The molecule has 7 nitrogen and oxygen atoms in total. The van der Waals surface area contributed by atoms with Gasteiger partial charge in [-0.15, -0.1) is 0 Å². The highest BCUT2D eigenvalue weighted by atomic mass is 35.5. The number of halogens is 1. The fraction of sp³-hybridized carbons (Fsp3) is 0.167. The molecular formula is C24H21ClN4O3S. The first-order chi connectivity index (χ1) is 15.9. The SMILES string of the molecule is O=C(N/N=C\c1ccc2[nH]c3ccccc3c2c1)[C@@H]1CCCN1S(=O)(=O)c1ccc(Cl)cc1. The summed E-state index contributed by atoms with van der Waals surface area (Å²) in [7, 11) is -3.81. The number of benzene rings is 3. The normalized spacial score (nSPS) is 17.3. The minimum absolute atomic E-state index is 0.113. The van der Waals surface area contributed by atoms with Gasteiger partial charge in [0.25, 0.3) is 5.91 Å². The number of aromatic nitrogens is 1. The van der Waals surface area contributed by atoms with Crippen molar-refractivity contribution in [2.24, 2.45) is 5.10 Å². The molecule has 1 amide bonds. The van der Waals surface area contributed by atoms with Crippen LogP contribution in [0.5, 0.6) is 0 Å². The van der Waals surface area contributed by atoms with Crippen molar-refractivity contribution < 1.29 is 13.2 Å². The second kappa shape index (κ2) is 8.62. The van der Waals surface area contributed by atoms with Gasteiger partial charge in [0, 0.05) is 33.4 Å². The van der Waals surface area contributed by atoms with Crippen molar-refractivity contribution in [2.75, 3.05) is 6.54 Å². The number of hydrogen-bond donors (Lipinski definition) is 2. The smallest absolute Gasteiger partial charge is 0.258 e. The van der Waals surface area contributed by atoms with Gasteiger partial charge in [0.1, 0.15) is 6.04 Å². The van der Waals surface area contributed by atoms with Crippen LogP contribution in [0.1, 0.15) is 18.4 Å². The molecule has 0 aliphatic carbocycles. The summed E-state index contributed by atoms with van der Waals surface area (Å²) in [6.45, 7) is 0.282. The molecule has 2 heterocycles. The first-order valence-electron chi connectivity index (χ1n) is 10.5. The lowest BCUT2D eigenvalue weighted by atomic mass is 10.1. The summed E-state index contributed by atoms with van der Waals surface area (Å²) in [5.74, 6) is -0.450. The minimum Gasteiger partial charge on any atom is -0.355 e. The Bertz CT molecular complexity index is 1480. The lowest BCUT2D eigenvalue weighted by Gasteiger charge is -2.22. The quantitative estimate of drug-likeness (QED) is 0.330. The topological polar surface area (TPSA) is 94.6 Å². The van der Waals surface area contributed by atoms with Gasteiger partial charge in [0.15, 0.2) is 0 Å². The number of carbonyl (C=O) groups excluding carboxylic acids is 1. The molecular weight excluding hydrogens is 460 g/mol. The van der Waals surface area contributed by atoms with E-state index in [4.69, 9.17) is 11.6 Å². The Hall–Kier alpha value is -3.20. The molecule has 3 aromatic carbocycles. The zero-order valence-corrected chi connectivity index (χ0v) is 19.1. The summed E-state index contributed by atoms with van der Waals surface area (Å²) < 4.78 is 27.3. The van der Waals surface area contributed by atoms with Crippen LogP contribution in [0.2, 0.25) is 5.02 Å². The van der Waals surface area contributed by atoms with Gasteiger partial charge in [-0.05, 0) is 60.9 Å². The molecule has 1 saturated heterocycles. The number of hydrazone groups is 1. The van der Waals surface area contributed by atoms with Gasteiger partial charge in [-0.3, -0.25) is 4.79 Å². The Kier molecular flexibility index (Phi) is 5.65. The van der Waals surface area contributed by atoms with Crippen molar-refractivity contribution >= 4 is 55.6 Å². The van der Waals surface area contributed by atoms with Gasteiger partial charge < -0.3 is 4.98 Å². The first-order valence-corrected chi connectivity index (χ1v) is 12.4. The van der Waals surface area contributed by atoms with Crippen LogP contribution in [0, 0.1) is 0 Å². The standard InChI is InChI=1S/C24H21ClN4O3S/c25-17-8-10-18(11-9-17)33(31,32)29-13-3-6-23(29)24(30)28-26-15-16-7-12-22-20(14-16)19-4-1-2-5-21(19)27-22/h1-2,4-5,7-12,14-15,23,27H,3,6,13H2,(H,28,30)/b26-15-/t23-/m0/s1. The molecule has 0 saturated carbocycles. The van der Waals surface area contributed by atoms with Crippen molar-refractivity contribution in [3.8, 4) is 0 Å². The third kappa shape index (κ3) is 4.13. The lowest BCUT2D eigenvalue weighted by Crippen LogP contribution is -2.44. The number of nitrogens with one attached hydrogen (secondary N) is 2. The molecule has 168 valence electrons. The monoisotopic (exact) mass is 480 g/mol. The van der Waals surface area contributed by atoms with E-state index in [1.165, 1.54) is 28.6 Å². The molecule has 5 rings (SSSR count). The van der Waals surface area contributed by atoms with E-state index >= 15 is 0 Å². The van der Waals surface area contributed by atoms with E-state index in [1.54, 1.807) is 6.21 Å². The second-order valence-corrected chi connectivity index (χ2v) is 10.3.